The Kier molecular flexibility index (Phi) is 5.00. The maximum absolute atomic E-state index is 12.6. The molecule has 0 N–H and O–H groups in total. The monoisotopic (exact) mass is 335 g/mol. The van der Waals surface area contributed by atoms with Gasteiger partial charge in [0.25, 0.3) is 0 Å². The molecule has 0 radical (unpaired) electrons. The Balaban J connectivity index is 1.60. The van der Waals surface area contributed by atoms with Crippen LogP contribution in [0.1, 0.15) is 32.4 Å². The summed E-state index contributed by atoms with van der Waals surface area (Å²) in [5.41, 5.74) is 0. The van der Waals surface area contributed by atoms with Gasteiger partial charge < -0.3 is 9.32 Å². The van der Waals surface area contributed by atoms with Crippen LogP contribution in [0.2, 0.25) is 0 Å². The molecule has 1 aliphatic heterocycles. The van der Waals surface area contributed by atoms with Gasteiger partial charge in [-0.05, 0) is 48.2 Å². The maximum Gasteiger partial charge on any atom is 0.235 e. The zero-order valence-corrected chi connectivity index (χ0v) is 14.2. The van der Waals surface area contributed by atoms with Gasteiger partial charge in [-0.15, -0.1) is 5.10 Å². The topological polar surface area (TPSA) is 77.1 Å². The van der Waals surface area contributed by atoms with Crippen molar-refractivity contribution in [3.8, 4) is 0 Å². The summed E-state index contributed by atoms with van der Waals surface area (Å²) in [4.78, 5) is 14.5. The van der Waals surface area contributed by atoms with E-state index in [1.54, 1.807) is 10.9 Å². The number of thioether (sulfide) groups is 1. The Morgan fingerprint density at radius 3 is 2.96 bits per heavy atom. The standard InChI is InChI=1S/C15H21N5O2S/c1-11-5-7-19(8-6-11)14(21)12(2)23-15-16-17-18-20(15)10-13-4-3-9-22-13/h3-4,9,11-12H,5-8,10H2,1-2H3/t12-/m1/s1. The van der Waals surface area contributed by atoms with Gasteiger partial charge in [0.05, 0.1) is 11.5 Å². The van der Waals surface area contributed by atoms with Crippen LogP contribution in [0, 0.1) is 5.92 Å². The molecule has 3 rings (SSSR count). The van der Waals surface area contributed by atoms with E-state index in [0.717, 1.165) is 31.7 Å². The van der Waals surface area contributed by atoms with Crippen LogP contribution < -0.4 is 0 Å². The number of piperidine rings is 1. The zero-order chi connectivity index (χ0) is 16.2. The number of hydrogen-bond acceptors (Lipinski definition) is 6. The zero-order valence-electron chi connectivity index (χ0n) is 13.4. The number of nitrogens with zero attached hydrogens (tertiary/aromatic N) is 5. The molecule has 2 aromatic heterocycles. The summed E-state index contributed by atoms with van der Waals surface area (Å²) in [6.45, 7) is 6.31. The average molecular weight is 335 g/mol. The van der Waals surface area contributed by atoms with E-state index in [1.165, 1.54) is 11.8 Å². The molecule has 0 bridgehead atoms. The molecule has 1 fully saturated rings. The minimum absolute atomic E-state index is 0.162. The predicted molar refractivity (Wildman–Crippen MR) is 85.9 cm³/mol. The summed E-state index contributed by atoms with van der Waals surface area (Å²) < 4.78 is 6.98. The highest BCUT2D eigenvalue weighted by Gasteiger charge is 2.26. The second-order valence-corrected chi connectivity index (χ2v) is 7.27. The number of furan rings is 1. The minimum Gasteiger partial charge on any atom is -0.467 e. The van der Waals surface area contributed by atoms with E-state index < -0.39 is 0 Å². The summed E-state index contributed by atoms with van der Waals surface area (Å²) in [6.07, 6.45) is 3.79. The second kappa shape index (κ2) is 7.16. The third kappa shape index (κ3) is 3.93. The largest absolute Gasteiger partial charge is 0.467 e. The van der Waals surface area contributed by atoms with E-state index in [0.29, 0.717) is 17.6 Å². The molecule has 0 aromatic carbocycles. The van der Waals surface area contributed by atoms with Crippen molar-refractivity contribution in [2.24, 2.45) is 5.92 Å². The average Bonchev–Trinajstić information content (AvgIpc) is 3.20. The Morgan fingerprint density at radius 2 is 2.26 bits per heavy atom. The van der Waals surface area contributed by atoms with E-state index in [2.05, 4.69) is 22.4 Å². The molecule has 3 heterocycles. The van der Waals surface area contributed by atoms with E-state index in [-0.39, 0.29) is 11.2 Å². The van der Waals surface area contributed by atoms with Crippen molar-refractivity contribution in [1.82, 2.24) is 25.1 Å². The number of carbonyl (C=O) groups is 1. The summed E-state index contributed by atoms with van der Waals surface area (Å²) in [6, 6.07) is 3.70. The lowest BCUT2D eigenvalue weighted by molar-refractivity contribution is -0.131. The molecule has 1 amide bonds. The van der Waals surface area contributed by atoms with Gasteiger partial charge in [0.1, 0.15) is 12.3 Å². The summed E-state index contributed by atoms with van der Waals surface area (Å²) >= 11 is 1.40. The Morgan fingerprint density at radius 1 is 1.48 bits per heavy atom. The van der Waals surface area contributed by atoms with Crippen LogP contribution in [-0.2, 0) is 11.3 Å². The second-order valence-electron chi connectivity index (χ2n) is 5.97. The minimum atomic E-state index is -0.204. The fourth-order valence-corrected chi connectivity index (χ4v) is 3.50. The lowest BCUT2D eigenvalue weighted by atomic mass is 9.99. The van der Waals surface area contributed by atoms with Crippen LogP contribution in [0.4, 0.5) is 0 Å². The van der Waals surface area contributed by atoms with Gasteiger partial charge in [-0.2, -0.15) is 0 Å². The molecule has 1 aliphatic rings. The lowest BCUT2D eigenvalue weighted by Crippen LogP contribution is -2.41. The van der Waals surface area contributed by atoms with Gasteiger partial charge >= 0.3 is 0 Å². The van der Waals surface area contributed by atoms with Gasteiger partial charge in [0, 0.05) is 13.1 Å². The highest BCUT2D eigenvalue weighted by atomic mass is 32.2. The summed E-state index contributed by atoms with van der Waals surface area (Å²) in [5.74, 6) is 1.65. The first kappa shape index (κ1) is 16.0. The number of amides is 1. The Hall–Kier alpha value is -1.83. The molecule has 124 valence electrons. The van der Waals surface area contributed by atoms with E-state index in [4.69, 9.17) is 4.42 Å². The van der Waals surface area contributed by atoms with Crippen molar-refractivity contribution in [2.75, 3.05) is 13.1 Å². The number of likely N-dealkylation sites (tertiary alicyclic amines) is 1. The van der Waals surface area contributed by atoms with Crippen LogP contribution >= 0.6 is 11.8 Å². The molecular weight excluding hydrogens is 314 g/mol. The lowest BCUT2D eigenvalue weighted by Gasteiger charge is -2.31. The summed E-state index contributed by atoms with van der Waals surface area (Å²) in [7, 11) is 0. The van der Waals surface area contributed by atoms with Gasteiger partial charge in [-0.25, -0.2) is 4.68 Å². The van der Waals surface area contributed by atoms with Crippen molar-refractivity contribution in [3.63, 3.8) is 0 Å². The smallest absolute Gasteiger partial charge is 0.235 e. The molecule has 0 saturated carbocycles. The molecule has 0 unspecified atom stereocenters. The normalized spacial score (nSPS) is 17.4. The van der Waals surface area contributed by atoms with Crippen LogP contribution in [0.3, 0.4) is 0 Å². The molecule has 1 atom stereocenters. The highest BCUT2D eigenvalue weighted by molar-refractivity contribution is 8.00. The Bertz CT molecular complexity index is 634. The first-order valence-corrected chi connectivity index (χ1v) is 8.75. The van der Waals surface area contributed by atoms with E-state index >= 15 is 0 Å². The molecule has 0 spiro atoms. The van der Waals surface area contributed by atoms with Gasteiger partial charge in [0.2, 0.25) is 11.1 Å². The first-order chi connectivity index (χ1) is 11.1. The van der Waals surface area contributed by atoms with Crippen molar-refractivity contribution in [1.29, 1.82) is 0 Å². The van der Waals surface area contributed by atoms with Crippen molar-refractivity contribution >= 4 is 17.7 Å². The summed E-state index contributed by atoms with van der Waals surface area (Å²) in [5, 5.41) is 12.1. The van der Waals surface area contributed by atoms with Gasteiger partial charge in [0.15, 0.2) is 0 Å². The molecule has 8 heteroatoms. The fraction of sp³-hybridized carbons (Fsp3) is 0.600. The van der Waals surface area contributed by atoms with E-state index in [1.807, 2.05) is 24.0 Å². The number of carbonyl (C=O) groups excluding carboxylic acids is 1. The highest BCUT2D eigenvalue weighted by Crippen LogP contribution is 2.24. The van der Waals surface area contributed by atoms with Crippen molar-refractivity contribution < 1.29 is 9.21 Å². The fourth-order valence-electron chi connectivity index (χ4n) is 2.62. The van der Waals surface area contributed by atoms with Crippen molar-refractivity contribution in [2.45, 2.75) is 43.6 Å². The predicted octanol–water partition coefficient (Wildman–Crippen LogP) is 2.05. The van der Waals surface area contributed by atoms with Crippen LogP contribution in [0.25, 0.3) is 0 Å². The molecule has 1 saturated heterocycles. The van der Waals surface area contributed by atoms with Gasteiger partial charge in [-0.3, -0.25) is 4.79 Å². The maximum atomic E-state index is 12.6. The number of tetrazole rings is 1. The molecule has 2 aromatic rings. The molecule has 23 heavy (non-hydrogen) atoms. The van der Waals surface area contributed by atoms with Crippen LogP contribution in [0.15, 0.2) is 28.0 Å². The van der Waals surface area contributed by atoms with Crippen LogP contribution in [-0.4, -0.2) is 49.4 Å². The quantitative estimate of drug-likeness (QED) is 0.778. The van der Waals surface area contributed by atoms with Crippen LogP contribution in [0.5, 0.6) is 0 Å². The van der Waals surface area contributed by atoms with Gasteiger partial charge in [-0.1, -0.05) is 18.7 Å². The van der Waals surface area contributed by atoms with E-state index in [9.17, 15) is 4.79 Å². The first-order valence-electron chi connectivity index (χ1n) is 7.87. The SMILES string of the molecule is CC1CCN(C(=O)[C@@H](C)Sc2nnnn2Cc2ccco2)CC1. The Labute approximate surface area is 139 Å². The number of aromatic nitrogens is 4. The molecular formula is C15H21N5O2S. The molecule has 7 nitrogen and oxygen atoms in total. The van der Waals surface area contributed by atoms with Crippen molar-refractivity contribution in [3.05, 3.63) is 24.2 Å². The third-order valence-corrected chi connectivity index (χ3v) is 5.17. The number of rotatable bonds is 5. The third-order valence-electron chi connectivity index (χ3n) is 4.11. The number of hydrogen-bond donors (Lipinski definition) is 0. The molecule has 0 aliphatic carbocycles.